The highest BCUT2D eigenvalue weighted by Gasteiger charge is 2.39. The van der Waals surface area contributed by atoms with Crippen molar-refractivity contribution in [3.8, 4) is 0 Å². The van der Waals surface area contributed by atoms with E-state index >= 15 is 0 Å². The van der Waals surface area contributed by atoms with Gasteiger partial charge < -0.3 is 24.5 Å². The molecule has 1 saturated heterocycles. The van der Waals surface area contributed by atoms with Gasteiger partial charge in [-0.1, -0.05) is 0 Å². The number of halogens is 1. The first-order valence-electron chi connectivity index (χ1n) is 10.9. The molecule has 170 valence electrons. The number of hydrogen-bond acceptors (Lipinski definition) is 6. The van der Waals surface area contributed by atoms with E-state index in [1.807, 2.05) is 6.07 Å². The van der Waals surface area contributed by atoms with Gasteiger partial charge in [0.05, 0.1) is 18.8 Å². The first-order chi connectivity index (χ1) is 14.6. The minimum Gasteiger partial charge on any atom is -0.460 e. The molecule has 7 nitrogen and oxygen atoms in total. The Morgan fingerprint density at radius 1 is 1.16 bits per heavy atom. The summed E-state index contributed by atoms with van der Waals surface area (Å²) in [5, 5.41) is 7.20. The predicted octanol–water partition coefficient (Wildman–Crippen LogP) is 4.15. The zero-order valence-corrected chi connectivity index (χ0v) is 18.8. The van der Waals surface area contributed by atoms with Crippen molar-refractivity contribution >= 4 is 40.9 Å². The standard InChI is InChI=1S/C23H30N2O5.ClH/c1-3-29-23(27)20-13-15-12-16(6-9-19(15)30-20)25-22(26)21-18(10-11-24-21)14-4-7-17(28-2)8-5-14;/h6,9,12-14,17-18,21,24H,3-5,7-8,10-11H2,1-2H3,(H,25,26);1H/t14-,17-,18-,21-;/m0./s1. The fourth-order valence-electron chi connectivity index (χ4n) is 4.91. The van der Waals surface area contributed by atoms with Crippen molar-refractivity contribution < 1.29 is 23.5 Å². The van der Waals surface area contributed by atoms with E-state index in [1.54, 1.807) is 32.2 Å². The lowest BCUT2D eigenvalue weighted by Gasteiger charge is -2.33. The van der Waals surface area contributed by atoms with E-state index in [9.17, 15) is 9.59 Å². The van der Waals surface area contributed by atoms with Crippen LogP contribution in [0, 0.1) is 11.8 Å². The van der Waals surface area contributed by atoms with Crippen molar-refractivity contribution in [3.05, 3.63) is 30.0 Å². The second kappa shape index (κ2) is 10.5. The number of furan rings is 1. The third-order valence-electron chi connectivity index (χ3n) is 6.47. The van der Waals surface area contributed by atoms with Gasteiger partial charge in [0, 0.05) is 18.2 Å². The number of carbonyl (C=O) groups is 2. The van der Waals surface area contributed by atoms with Crippen molar-refractivity contribution in [2.75, 3.05) is 25.6 Å². The van der Waals surface area contributed by atoms with E-state index in [0.717, 1.165) is 44.0 Å². The van der Waals surface area contributed by atoms with Crippen LogP contribution in [0.2, 0.25) is 0 Å². The normalized spacial score (nSPS) is 25.7. The van der Waals surface area contributed by atoms with E-state index < -0.39 is 5.97 Å². The van der Waals surface area contributed by atoms with Gasteiger partial charge in [0.15, 0.2) is 0 Å². The van der Waals surface area contributed by atoms with Gasteiger partial charge in [0.2, 0.25) is 11.7 Å². The van der Waals surface area contributed by atoms with Gasteiger partial charge >= 0.3 is 5.97 Å². The highest BCUT2D eigenvalue weighted by molar-refractivity contribution is 5.98. The quantitative estimate of drug-likeness (QED) is 0.642. The molecule has 8 heteroatoms. The zero-order valence-electron chi connectivity index (χ0n) is 18.0. The highest BCUT2D eigenvalue weighted by atomic mass is 35.5. The largest absolute Gasteiger partial charge is 0.460 e. The van der Waals surface area contributed by atoms with Crippen LogP contribution in [-0.2, 0) is 14.3 Å². The molecule has 0 bridgehead atoms. The highest BCUT2D eigenvalue weighted by Crippen LogP contribution is 2.37. The molecule has 2 aliphatic rings. The summed E-state index contributed by atoms with van der Waals surface area (Å²) < 4.78 is 16.0. The summed E-state index contributed by atoms with van der Waals surface area (Å²) >= 11 is 0. The number of anilines is 1. The Balaban J connectivity index is 0.00000272. The molecule has 2 atom stereocenters. The minimum atomic E-state index is -0.486. The second-order valence-electron chi connectivity index (χ2n) is 8.23. The molecule has 2 N–H and O–H groups in total. The average molecular weight is 451 g/mol. The molecular formula is C23H31ClN2O5. The Morgan fingerprint density at radius 3 is 2.65 bits per heavy atom. The summed E-state index contributed by atoms with van der Waals surface area (Å²) in [7, 11) is 1.78. The third-order valence-corrected chi connectivity index (χ3v) is 6.47. The topological polar surface area (TPSA) is 89.8 Å². The monoisotopic (exact) mass is 450 g/mol. The Labute approximate surface area is 188 Å². The lowest BCUT2D eigenvalue weighted by atomic mass is 9.75. The predicted molar refractivity (Wildman–Crippen MR) is 121 cm³/mol. The number of hydrogen-bond donors (Lipinski definition) is 2. The molecule has 0 spiro atoms. The van der Waals surface area contributed by atoms with Crippen LogP contribution in [0.15, 0.2) is 28.7 Å². The summed E-state index contributed by atoms with van der Waals surface area (Å²) in [5.74, 6) is 0.598. The van der Waals surface area contributed by atoms with Gasteiger partial charge in [-0.05, 0) is 81.7 Å². The Kier molecular flexibility index (Phi) is 7.97. The number of esters is 1. The number of ether oxygens (including phenoxy) is 2. The van der Waals surface area contributed by atoms with Crippen LogP contribution in [0.25, 0.3) is 11.0 Å². The number of rotatable bonds is 6. The van der Waals surface area contributed by atoms with Crippen LogP contribution in [0.5, 0.6) is 0 Å². The maximum atomic E-state index is 13.0. The average Bonchev–Trinajstić information content (AvgIpc) is 3.41. The molecule has 1 aromatic heterocycles. The number of methoxy groups -OCH3 is 1. The first kappa shape index (κ1) is 23.6. The number of nitrogens with one attached hydrogen (secondary N) is 2. The smallest absolute Gasteiger partial charge is 0.374 e. The van der Waals surface area contributed by atoms with Crippen LogP contribution in [0.3, 0.4) is 0 Å². The lowest BCUT2D eigenvalue weighted by Crippen LogP contribution is -2.43. The Morgan fingerprint density at radius 2 is 1.94 bits per heavy atom. The van der Waals surface area contributed by atoms with E-state index in [0.29, 0.717) is 35.8 Å². The van der Waals surface area contributed by atoms with Crippen molar-refractivity contribution in [1.82, 2.24) is 5.32 Å². The first-order valence-corrected chi connectivity index (χ1v) is 10.9. The van der Waals surface area contributed by atoms with Crippen LogP contribution < -0.4 is 10.6 Å². The molecule has 2 fully saturated rings. The lowest BCUT2D eigenvalue weighted by molar-refractivity contribution is -0.119. The van der Waals surface area contributed by atoms with Gasteiger partial charge in [-0.25, -0.2) is 4.79 Å². The molecule has 1 amide bonds. The number of carbonyl (C=O) groups excluding carboxylic acids is 2. The molecule has 31 heavy (non-hydrogen) atoms. The summed E-state index contributed by atoms with van der Waals surface area (Å²) in [6.45, 7) is 2.91. The van der Waals surface area contributed by atoms with Gasteiger partial charge in [0.1, 0.15) is 5.58 Å². The number of benzene rings is 1. The van der Waals surface area contributed by atoms with Crippen LogP contribution >= 0.6 is 12.4 Å². The Hall–Kier alpha value is -2.09. The fourth-order valence-corrected chi connectivity index (χ4v) is 4.91. The molecule has 1 saturated carbocycles. The van der Waals surface area contributed by atoms with Crippen molar-refractivity contribution in [3.63, 3.8) is 0 Å². The van der Waals surface area contributed by atoms with Crippen LogP contribution in [0.1, 0.15) is 49.6 Å². The molecule has 1 aliphatic carbocycles. The fraction of sp³-hybridized carbons (Fsp3) is 0.565. The number of fused-ring (bicyclic) bond motifs is 1. The molecule has 4 rings (SSSR count). The number of amides is 1. The van der Waals surface area contributed by atoms with E-state index in [4.69, 9.17) is 13.9 Å². The molecular weight excluding hydrogens is 420 g/mol. The minimum absolute atomic E-state index is 0. The second-order valence-corrected chi connectivity index (χ2v) is 8.23. The van der Waals surface area contributed by atoms with Gasteiger partial charge in [-0.2, -0.15) is 0 Å². The van der Waals surface area contributed by atoms with Crippen molar-refractivity contribution in [1.29, 1.82) is 0 Å². The molecule has 2 heterocycles. The molecule has 1 aromatic carbocycles. The SMILES string of the molecule is CCOC(=O)c1cc2cc(NC(=O)[C@H]3NCC[C@H]3[C@H]3CC[C@H](OC)CC3)ccc2o1.Cl. The zero-order chi connectivity index (χ0) is 21.1. The summed E-state index contributed by atoms with van der Waals surface area (Å²) in [4.78, 5) is 24.9. The van der Waals surface area contributed by atoms with Gasteiger partial charge in [-0.15, -0.1) is 12.4 Å². The van der Waals surface area contributed by atoms with Crippen molar-refractivity contribution in [2.45, 2.75) is 51.2 Å². The molecule has 0 radical (unpaired) electrons. The van der Waals surface area contributed by atoms with Crippen LogP contribution in [-0.4, -0.2) is 44.3 Å². The maximum absolute atomic E-state index is 13.0. The van der Waals surface area contributed by atoms with Crippen LogP contribution in [0.4, 0.5) is 5.69 Å². The maximum Gasteiger partial charge on any atom is 0.374 e. The Bertz CT molecular complexity index is 907. The van der Waals surface area contributed by atoms with E-state index in [2.05, 4.69) is 10.6 Å². The molecule has 2 aromatic rings. The summed E-state index contributed by atoms with van der Waals surface area (Å²) in [6, 6.07) is 6.86. The van der Waals surface area contributed by atoms with Gasteiger partial charge in [0.25, 0.3) is 0 Å². The summed E-state index contributed by atoms with van der Waals surface area (Å²) in [6.07, 6.45) is 5.78. The van der Waals surface area contributed by atoms with Crippen molar-refractivity contribution in [2.24, 2.45) is 11.8 Å². The van der Waals surface area contributed by atoms with E-state index in [-0.39, 0.29) is 30.1 Å². The third kappa shape index (κ3) is 5.22. The molecule has 1 aliphatic heterocycles. The van der Waals surface area contributed by atoms with E-state index in [1.165, 1.54) is 0 Å². The van der Waals surface area contributed by atoms with Gasteiger partial charge in [-0.3, -0.25) is 4.79 Å². The summed E-state index contributed by atoms with van der Waals surface area (Å²) in [5.41, 5.74) is 1.28. The molecule has 0 unspecified atom stereocenters.